The van der Waals surface area contributed by atoms with E-state index in [9.17, 15) is 9.59 Å². The number of para-hydroxylation sites is 1. The Kier molecular flexibility index (Phi) is 3.30. The molecule has 3 saturated heterocycles. The van der Waals surface area contributed by atoms with Crippen molar-refractivity contribution in [3.05, 3.63) is 29.6 Å². The number of aromatic nitrogens is 2. The zero-order valence-electron chi connectivity index (χ0n) is 12.7. The number of nitrogens with zero attached hydrogens (tertiary/aromatic N) is 2. The molecule has 7 nitrogen and oxygen atoms in total. The first kappa shape index (κ1) is 14.2. The third kappa shape index (κ3) is 2.46. The number of nitrogens with two attached hydrogens (primary N) is 1. The number of rotatable bonds is 3. The molecule has 1 aromatic carbocycles. The summed E-state index contributed by atoms with van der Waals surface area (Å²) in [6.07, 6.45) is 2.27. The van der Waals surface area contributed by atoms with E-state index >= 15 is 0 Å². The van der Waals surface area contributed by atoms with Crippen molar-refractivity contribution in [3.63, 3.8) is 0 Å². The van der Waals surface area contributed by atoms with E-state index in [1.54, 1.807) is 18.2 Å². The van der Waals surface area contributed by atoms with Gasteiger partial charge in [-0.15, -0.1) is 0 Å². The minimum Gasteiger partial charge on any atom is -0.366 e. The van der Waals surface area contributed by atoms with Gasteiger partial charge in [0.05, 0.1) is 11.1 Å². The molecule has 5 rings (SSSR count). The first-order chi connectivity index (χ1) is 11.1. The quantitative estimate of drug-likeness (QED) is 0.767. The summed E-state index contributed by atoms with van der Waals surface area (Å²) in [5.41, 5.74) is 6.76. The van der Waals surface area contributed by atoms with Crippen LogP contribution >= 0.6 is 0 Å². The fourth-order valence-corrected chi connectivity index (χ4v) is 3.70. The van der Waals surface area contributed by atoms with Crippen molar-refractivity contribution in [2.24, 2.45) is 11.7 Å². The van der Waals surface area contributed by atoms with Crippen molar-refractivity contribution in [1.82, 2.24) is 20.2 Å². The second kappa shape index (κ2) is 5.34. The number of amides is 2. The highest BCUT2D eigenvalue weighted by atomic mass is 16.2. The topological polar surface area (TPSA) is 104 Å². The third-order valence-electron chi connectivity index (χ3n) is 4.97. The van der Waals surface area contributed by atoms with Crippen LogP contribution in [0.3, 0.4) is 0 Å². The molecule has 0 radical (unpaired) electrons. The molecule has 2 amide bonds. The van der Waals surface area contributed by atoms with Gasteiger partial charge in [0.15, 0.2) is 5.82 Å². The molecule has 0 spiro atoms. The first-order valence-corrected chi connectivity index (χ1v) is 7.93. The molecule has 3 fully saturated rings. The maximum Gasteiger partial charge on any atom is 0.287 e. The minimum atomic E-state index is -0.550. The minimum absolute atomic E-state index is 0.175. The van der Waals surface area contributed by atoms with Crippen LogP contribution in [-0.4, -0.2) is 52.4 Å². The maximum absolute atomic E-state index is 12.5. The van der Waals surface area contributed by atoms with Gasteiger partial charge in [0.1, 0.15) is 5.52 Å². The van der Waals surface area contributed by atoms with E-state index in [2.05, 4.69) is 20.2 Å². The molecule has 3 aliphatic heterocycles. The largest absolute Gasteiger partial charge is 0.366 e. The molecule has 120 valence electrons. The third-order valence-corrected chi connectivity index (χ3v) is 4.97. The van der Waals surface area contributed by atoms with Gasteiger partial charge in [-0.05, 0) is 44.0 Å². The normalized spacial score (nSPS) is 26.3. The Labute approximate surface area is 133 Å². The van der Waals surface area contributed by atoms with E-state index in [0.717, 1.165) is 32.5 Å². The maximum atomic E-state index is 12.5. The van der Waals surface area contributed by atoms with Crippen LogP contribution in [0.4, 0.5) is 0 Å². The van der Waals surface area contributed by atoms with Crippen molar-refractivity contribution in [2.45, 2.75) is 18.9 Å². The molecule has 1 aromatic heterocycles. The number of hydrogen-bond donors (Lipinski definition) is 3. The Hall–Kier alpha value is -2.41. The van der Waals surface area contributed by atoms with Gasteiger partial charge in [0.2, 0.25) is 0 Å². The number of carbonyl (C=O) groups is 2. The highest BCUT2D eigenvalue weighted by Gasteiger charge is 2.35. The summed E-state index contributed by atoms with van der Waals surface area (Å²) in [5.74, 6) is 0.00137. The summed E-state index contributed by atoms with van der Waals surface area (Å²) in [7, 11) is 0. The predicted molar refractivity (Wildman–Crippen MR) is 85.0 cm³/mol. The van der Waals surface area contributed by atoms with Gasteiger partial charge >= 0.3 is 0 Å². The molecular formula is C16H19N5O2. The summed E-state index contributed by atoms with van der Waals surface area (Å²) in [4.78, 5) is 33.6. The molecule has 4 N–H and O–H groups in total. The van der Waals surface area contributed by atoms with Gasteiger partial charge in [-0.2, -0.15) is 0 Å². The van der Waals surface area contributed by atoms with E-state index in [4.69, 9.17) is 5.73 Å². The summed E-state index contributed by atoms with van der Waals surface area (Å²) < 4.78 is 0. The van der Waals surface area contributed by atoms with E-state index < -0.39 is 5.91 Å². The van der Waals surface area contributed by atoms with Gasteiger partial charge in [0, 0.05) is 12.6 Å². The average Bonchev–Trinajstić information content (AvgIpc) is 3.00. The second-order valence-electron chi connectivity index (χ2n) is 6.37. The Morgan fingerprint density at radius 3 is 2.74 bits per heavy atom. The molecule has 0 saturated carbocycles. The number of primary amides is 1. The molecule has 2 aromatic rings. The molecule has 1 unspecified atom stereocenters. The van der Waals surface area contributed by atoms with Crippen molar-refractivity contribution in [1.29, 1.82) is 0 Å². The van der Waals surface area contributed by atoms with Gasteiger partial charge in [-0.3, -0.25) is 9.59 Å². The summed E-state index contributed by atoms with van der Waals surface area (Å²) in [6, 6.07) is 5.28. The van der Waals surface area contributed by atoms with Crippen molar-refractivity contribution < 1.29 is 9.59 Å². The smallest absolute Gasteiger partial charge is 0.287 e. The van der Waals surface area contributed by atoms with Crippen LogP contribution in [0.2, 0.25) is 0 Å². The average molecular weight is 313 g/mol. The van der Waals surface area contributed by atoms with Gasteiger partial charge < -0.3 is 20.9 Å². The number of carbonyl (C=O) groups excluding carboxylic acids is 2. The van der Waals surface area contributed by atoms with Crippen LogP contribution in [0.1, 0.15) is 33.8 Å². The Morgan fingerprint density at radius 1 is 1.30 bits per heavy atom. The lowest BCUT2D eigenvalue weighted by Gasteiger charge is -2.44. The van der Waals surface area contributed by atoms with E-state index in [1.807, 2.05) is 0 Å². The summed E-state index contributed by atoms with van der Waals surface area (Å²) >= 11 is 0. The highest BCUT2D eigenvalue weighted by Crippen LogP contribution is 2.27. The Balaban J connectivity index is 1.58. The Bertz CT molecular complexity index is 776. The number of fused-ring (bicyclic) bond motifs is 4. The standard InChI is InChI=1S/C16H19N5O2/c17-14(22)10-2-1-3-11-13(10)20-15(18-11)16(23)19-12-8-21-6-4-9(12)5-7-21/h1-3,9,12H,4-8H2,(H2,17,22)(H,18,20)(H,19,23). The van der Waals surface area contributed by atoms with Gasteiger partial charge in [0.25, 0.3) is 11.8 Å². The van der Waals surface area contributed by atoms with Crippen LogP contribution in [0.15, 0.2) is 18.2 Å². The van der Waals surface area contributed by atoms with Crippen LogP contribution in [0, 0.1) is 5.92 Å². The van der Waals surface area contributed by atoms with Crippen LogP contribution in [-0.2, 0) is 0 Å². The monoisotopic (exact) mass is 313 g/mol. The lowest BCUT2D eigenvalue weighted by molar-refractivity contribution is 0.0615. The zero-order chi connectivity index (χ0) is 16.0. The van der Waals surface area contributed by atoms with Crippen LogP contribution in [0.5, 0.6) is 0 Å². The number of hydrogen-bond acceptors (Lipinski definition) is 4. The lowest BCUT2D eigenvalue weighted by Crippen LogP contribution is -2.57. The number of aromatic amines is 1. The fourth-order valence-electron chi connectivity index (χ4n) is 3.70. The van der Waals surface area contributed by atoms with Crippen molar-refractivity contribution >= 4 is 22.8 Å². The lowest BCUT2D eigenvalue weighted by atomic mass is 9.84. The molecular weight excluding hydrogens is 294 g/mol. The van der Waals surface area contributed by atoms with Crippen molar-refractivity contribution in [3.8, 4) is 0 Å². The van der Waals surface area contributed by atoms with E-state index in [0.29, 0.717) is 22.5 Å². The molecule has 7 heteroatoms. The summed E-state index contributed by atoms with van der Waals surface area (Å²) in [5, 5.41) is 3.09. The molecule has 1 atom stereocenters. The molecule has 23 heavy (non-hydrogen) atoms. The number of H-pyrrole nitrogens is 1. The SMILES string of the molecule is NC(=O)c1cccc2[nH]c(C(=O)NC3CN4CCC3CC4)nc12. The van der Waals surface area contributed by atoms with Gasteiger partial charge in [-0.1, -0.05) is 6.07 Å². The first-order valence-electron chi connectivity index (χ1n) is 7.93. The number of benzene rings is 1. The zero-order valence-corrected chi connectivity index (χ0v) is 12.7. The molecule has 3 aliphatic rings. The van der Waals surface area contributed by atoms with Crippen molar-refractivity contribution in [2.75, 3.05) is 19.6 Å². The fraction of sp³-hybridized carbons (Fsp3) is 0.438. The highest BCUT2D eigenvalue weighted by molar-refractivity contribution is 6.05. The number of imidazole rings is 1. The van der Waals surface area contributed by atoms with E-state index in [1.165, 1.54) is 0 Å². The van der Waals surface area contributed by atoms with E-state index in [-0.39, 0.29) is 17.8 Å². The van der Waals surface area contributed by atoms with Gasteiger partial charge in [-0.25, -0.2) is 4.98 Å². The predicted octanol–water partition coefficient (Wildman–Crippen LogP) is 0.486. The van der Waals surface area contributed by atoms with Crippen LogP contribution in [0.25, 0.3) is 11.0 Å². The molecule has 2 bridgehead atoms. The number of piperidine rings is 3. The number of nitrogens with one attached hydrogen (secondary N) is 2. The second-order valence-corrected chi connectivity index (χ2v) is 6.37. The summed E-state index contributed by atoms with van der Waals surface area (Å²) in [6.45, 7) is 3.16. The molecule has 4 heterocycles. The van der Waals surface area contributed by atoms with Crippen LogP contribution < -0.4 is 11.1 Å². The molecule has 0 aliphatic carbocycles. The Morgan fingerprint density at radius 2 is 2.09 bits per heavy atom.